The van der Waals surface area contributed by atoms with Crippen LogP contribution in [0.5, 0.6) is 0 Å². The van der Waals surface area contributed by atoms with Crippen LogP contribution in [-0.4, -0.2) is 28.3 Å². The summed E-state index contributed by atoms with van der Waals surface area (Å²) in [4.78, 5) is 36.6. The van der Waals surface area contributed by atoms with Crippen LogP contribution in [0.15, 0.2) is 47.3 Å². The van der Waals surface area contributed by atoms with E-state index < -0.39 is 18.5 Å². The number of carbonyl (C=O) groups excluding carboxylic acids is 2. The summed E-state index contributed by atoms with van der Waals surface area (Å²) in [5.41, 5.74) is 1.24. The first-order valence-corrected chi connectivity index (χ1v) is 9.14. The van der Waals surface area contributed by atoms with Crippen LogP contribution < -0.4 is 10.9 Å². The number of nitrogens with zero attached hydrogens (tertiary/aromatic N) is 2. The Labute approximate surface area is 168 Å². The highest BCUT2D eigenvalue weighted by Gasteiger charge is 2.18. The van der Waals surface area contributed by atoms with Crippen LogP contribution >= 0.6 is 22.6 Å². The second-order valence-corrected chi connectivity index (χ2v) is 7.15. The van der Waals surface area contributed by atoms with E-state index in [9.17, 15) is 14.4 Å². The normalized spacial score (nSPS) is 10.6. The lowest BCUT2D eigenvalue weighted by atomic mass is 10.1. The first kappa shape index (κ1) is 19.0. The molecule has 27 heavy (non-hydrogen) atoms. The third-order valence-electron chi connectivity index (χ3n) is 3.95. The first-order valence-electron chi connectivity index (χ1n) is 8.06. The van der Waals surface area contributed by atoms with Gasteiger partial charge in [0.2, 0.25) is 0 Å². The smallest absolute Gasteiger partial charge is 0.359 e. The van der Waals surface area contributed by atoms with Gasteiger partial charge >= 0.3 is 5.97 Å². The molecule has 0 aliphatic carbocycles. The van der Waals surface area contributed by atoms with Crippen molar-refractivity contribution in [3.8, 4) is 0 Å². The van der Waals surface area contributed by atoms with Gasteiger partial charge in [-0.3, -0.25) is 9.59 Å². The Morgan fingerprint density at radius 2 is 1.89 bits per heavy atom. The summed E-state index contributed by atoms with van der Waals surface area (Å²) in [7, 11) is 1.46. The molecule has 7 nitrogen and oxygen atoms in total. The van der Waals surface area contributed by atoms with Crippen molar-refractivity contribution in [1.29, 1.82) is 0 Å². The minimum Gasteiger partial charge on any atom is -0.451 e. The molecule has 1 amide bonds. The zero-order valence-electron chi connectivity index (χ0n) is 14.7. The van der Waals surface area contributed by atoms with Gasteiger partial charge in [-0.25, -0.2) is 9.48 Å². The number of esters is 1. The van der Waals surface area contributed by atoms with Crippen molar-refractivity contribution in [3.05, 3.63) is 67.6 Å². The molecule has 1 heterocycles. The first-order chi connectivity index (χ1) is 12.9. The SMILES string of the molecule is Cc1cc(I)ccc1NC(=O)COC(=O)c1nn(C)c(=O)c2ccccc12. The number of nitrogens with one attached hydrogen (secondary N) is 1. The Balaban J connectivity index is 1.75. The number of ether oxygens (including phenoxy) is 1. The Kier molecular flexibility index (Phi) is 5.54. The second-order valence-electron chi connectivity index (χ2n) is 5.91. The van der Waals surface area contributed by atoms with E-state index in [-0.39, 0.29) is 11.3 Å². The van der Waals surface area contributed by atoms with Gasteiger partial charge in [-0.1, -0.05) is 18.2 Å². The molecular formula is C19H16IN3O4. The van der Waals surface area contributed by atoms with Crippen molar-refractivity contribution >= 4 is 50.9 Å². The van der Waals surface area contributed by atoms with E-state index in [0.717, 1.165) is 13.8 Å². The molecule has 0 unspecified atom stereocenters. The minimum atomic E-state index is -0.767. The lowest BCUT2D eigenvalue weighted by Crippen LogP contribution is -2.26. The molecule has 138 valence electrons. The molecule has 0 atom stereocenters. The molecule has 2 aromatic carbocycles. The van der Waals surface area contributed by atoms with Crippen molar-refractivity contribution in [2.24, 2.45) is 7.05 Å². The number of anilines is 1. The van der Waals surface area contributed by atoms with Gasteiger partial charge in [0.1, 0.15) is 0 Å². The molecule has 0 aliphatic rings. The zero-order chi connectivity index (χ0) is 19.6. The molecule has 1 aromatic heterocycles. The van der Waals surface area contributed by atoms with Gasteiger partial charge in [-0.2, -0.15) is 5.10 Å². The van der Waals surface area contributed by atoms with Gasteiger partial charge in [0.25, 0.3) is 11.5 Å². The molecule has 0 saturated carbocycles. The average Bonchev–Trinajstić information content (AvgIpc) is 2.65. The molecule has 1 N–H and O–H groups in total. The number of rotatable bonds is 4. The maximum Gasteiger partial charge on any atom is 0.359 e. The van der Waals surface area contributed by atoms with E-state index in [4.69, 9.17) is 4.74 Å². The summed E-state index contributed by atoms with van der Waals surface area (Å²) in [6, 6.07) is 12.2. The van der Waals surface area contributed by atoms with Crippen LogP contribution in [0.25, 0.3) is 10.8 Å². The van der Waals surface area contributed by atoms with Crippen molar-refractivity contribution in [2.75, 3.05) is 11.9 Å². The highest BCUT2D eigenvalue weighted by atomic mass is 127. The highest BCUT2D eigenvalue weighted by Crippen LogP contribution is 2.18. The maximum atomic E-state index is 12.4. The van der Waals surface area contributed by atoms with Crippen LogP contribution in [0.2, 0.25) is 0 Å². The number of carbonyl (C=O) groups is 2. The van der Waals surface area contributed by atoms with E-state index in [0.29, 0.717) is 16.5 Å². The van der Waals surface area contributed by atoms with E-state index in [1.807, 2.05) is 19.1 Å². The van der Waals surface area contributed by atoms with Crippen LogP contribution in [0.1, 0.15) is 16.1 Å². The van der Waals surface area contributed by atoms with Crippen LogP contribution in [0.4, 0.5) is 5.69 Å². The van der Waals surface area contributed by atoms with Crippen LogP contribution in [0, 0.1) is 10.5 Å². The fourth-order valence-electron chi connectivity index (χ4n) is 2.60. The van der Waals surface area contributed by atoms with Gasteiger partial charge < -0.3 is 10.1 Å². The molecule has 0 bridgehead atoms. The number of aromatic nitrogens is 2. The molecular weight excluding hydrogens is 461 g/mol. The summed E-state index contributed by atoms with van der Waals surface area (Å²) >= 11 is 2.19. The molecule has 0 fully saturated rings. The summed E-state index contributed by atoms with van der Waals surface area (Å²) in [6.07, 6.45) is 0. The maximum absolute atomic E-state index is 12.4. The largest absolute Gasteiger partial charge is 0.451 e. The van der Waals surface area contributed by atoms with Gasteiger partial charge in [0.05, 0.1) is 5.39 Å². The summed E-state index contributed by atoms with van der Waals surface area (Å²) < 4.78 is 7.23. The molecule has 0 radical (unpaired) electrons. The molecule has 3 aromatic rings. The Morgan fingerprint density at radius 1 is 1.19 bits per heavy atom. The van der Waals surface area contributed by atoms with Gasteiger partial charge in [-0.15, -0.1) is 0 Å². The quantitative estimate of drug-likeness (QED) is 0.461. The number of hydrogen-bond donors (Lipinski definition) is 1. The summed E-state index contributed by atoms with van der Waals surface area (Å²) in [5, 5.41) is 7.44. The summed E-state index contributed by atoms with van der Waals surface area (Å²) in [6.45, 7) is 1.42. The van der Waals surface area contributed by atoms with Gasteiger partial charge in [0.15, 0.2) is 12.3 Å². The van der Waals surface area contributed by atoms with Crippen LogP contribution in [0.3, 0.4) is 0 Å². The topological polar surface area (TPSA) is 90.3 Å². The monoisotopic (exact) mass is 477 g/mol. The number of amides is 1. The number of fused-ring (bicyclic) bond motifs is 1. The zero-order valence-corrected chi connectivity index (χ0v) is 16.8. The van der Waals surface area contributed by atoms with Gasteiger partial charge in [-0.05, 0) is 59.3 Å². The van der Waals surface area contributed by atoms with Gasteiger partial charge in [0, 0.05) is 21.7 Å². The predicted octanol–water partition coefficient (Wildman–Crippen LogP) is 2.64. The Bertz CT molecular complexity index is 1110. The van der Waals surface area contributed by atoms with E-state index in [2.05, 4.69) is 33.0 Å². The molecule has 8 heteroatoms. The third kappa shape index (κ3) is 4.16. The highest BCUT2D eigenvalue weighted by molar-refractivity contribution is 14.1. The second kappa shape index (κ2) is 7.87. The van der Waals surface area contributed by atoms with Crippen molar-refractivity contribution in [1.82, 2.24) is 9.78 Å². The molecule has 0 aliphatic heterocycles. The lowest BCUT2D eigenvalue weighted by molar-refractivity contribution is -0.119. The Hall–Kier alpha value is -2.75. The van der Waals surface area contributed by atoms with Crippen molar-refractivity contribution < 1.29 is 14.3 Å². The predicted molar refractivity (Wildman–Crippen MR) is 110 cm³/mol. The van der Waals surface area contributed by atoms with E-state index in [1.54, 1.807) is 30.3 Å². The molecule has 0 saturated heterocycles. The lowest BCUT2D eigenvalue weighted by Gasteiger charge is -2.10. The Morgan fingerprint density at radius 3 is 2.59 bits per heavy atom. The fourth-order valence-corrected chi connectivity index (χ4v) is 3.25. The fraction of sp³-hybridized carbons (Fsp3) is 0.158. The minimum absolute atomic E-state index is 0.00838. The number of aryl methyl sites for hydroxylation is 2. The number of benzene rings is 2. The van der Waals surface area contributed by atoms with Crippen LogP contribution in [-0.2, 0) is 16.6 Å². The van der Waals surface area contributed by atoms with Crippen molar-refractivity contribution in [2.45, 2.75) is 6.92 Å². The standard InChI is InChI=1S/C19H16IN3O4/c1-11-9-12(20)7-8-15(11)21-16(24)10-27-19(26)17-13-5-3-4-6-14(13)18(25)23(2)22-17/h3-9H,10H2,1-2H3,(H,21,24). The number of hydrogen-bond acceptors (Lipinski definition) is 5. The summed E-state index contributed by atoms with van der Waals surface area (Å²) in [5.74, 6) is -1.22. The van der Waals surface area contributed by atoms with E-state index >= 15 is 0 Å². The molecule has 3 rings (SSSR count). The van der Waals surface area contributed by atoms with E-state index in [1.165, 1.54) is 7.05 Å². The third-order valence-corrected chi connectivity index (χ3v) is 4.62. The van der Waals surface area contributed by atoms with Crippen molar-refractivity contribution in [3.63, 3.8) is 0 Å². The molecule has 0 spiro atoms. The average molecular weight is 477 g/mol. The number of halogens is 1.